The highest BCUT2D eigenvalue weighted by Gasteiger charge is 2.30. The van der Waals surface area contributed by atoms with E-state index in [4.69, 9.17) is 4.74 Å². The Labute approximate surface area is 196 Å². The Morgan fingerprint density at radius 2 is 1.73 bits per heavy atom. The van der Waals surface area contributed by atoms with Crippen molar-refractivity contribution < 1.29 is 22.7 Å². The number of carbonyl (C=O) groups excluding carboxylic acids is 2. The summed E-state index contributed by atoms with van der Waals surface area (Å²) in [4.78, 5) is 27.4. The van der Waals surface area contributed by atoms with Crippen molar-refractivity contribution in [1.82, 2.24) is 10.2 Å². The lowest BCUT2D eigenvalue weighted by Crippen LogP contribution is -2.51. The number of nitrogens with one attached hydrogen (secondary N) is 1. The van der Waals surface area contributed by atoms with Crippen LogP contribution in [0.15, 0.2) is 42.5 Å². The summed E-state index contributed by atoms with van der Waals surface area (Å²) in [6.07, 6.45) is 1.07. The van der Waals surface area contributed by atoms with E-state index in [1.807, 2.05) is 32.0 Å². The maximum atomic E-state index is 13.5. The number of nitrogens with zero attached hydrogens (tertiary/aromatic N) is 2. The molecule has 2 aromatic rings. The molecule has 0 aliphatic heterocycles. The molecule has 0 heterocycles. The largest absolute Gasteiger partial charge is 0.497 e. The second-order valence-electron chi connectivity index (χ2n) is 7.93. The lowest BCUT2D eigenvalue weighted by atomic mass is 10.1. The number of hydrogen-bond acceptors (Lipinski definition) is 5. The molecule has 1 unspecified atom stereocenters. The van der Waals surface area contributed by atoms with E-state index in [9.17, 15) is 18.0 Å². The number of methoxy groups -OCH3 is 1. The van der Waals surface area contributed by atoms with Crippen LogP contribution in [0.1, 0.15) is 30.5 Å². The van der Waals surface area contributed by atoms with Crippen molar-refractivity contribution in [3.05, 3.63) is 59.2 Å². The molecular formula is C24H33N3O5S. The molecule has 0 aliphatic rings. The summed E-state index contributed by atoms with van der Waals surface area (Å²) in [7, 11) is -2.19. The molecule has 2 rings (SSSR count). The number of carbonyl (C=O) groups is 2. The zero-order chi connectivity index (χ0) is 24.8. The van der Waals surface area contributed by atoms with Gasteiger partial charge in [-0.25, -0.2) is 8.42 Å². The van der Waals surface area contributed by atoms with Crippen LogP contribution in [-0.2, 0) is 26.2 Å². The quantitative estimate of drug-likeness (QED) is 0.570. The summed E-state index contributed by atoms with van der Waals surface area (Å²) in [5, 5.41) is 2.73. The fraction of sp³-hybridized carbons (Fsp3) is 0.417. The monoisotopic (exact) mass is 475 g/mol. The van der Waals surface area contributed by atoms with E-state index in [1.54, 1.807) is 45.2 Å². The van der Waals surface area contributed by atoms with Crippen LogP contribution in [0.4, 0.5) is 5.69 Å². The number of benzene rings is 2. The van der Waals surface area contributed by atoms with Gasteiger partial charge in [-0.2, -0.15) is 0 Å². The van der Waals surface area contributed by atoms with Crippen LogP contribution in [0.3, 0.4) is 0 Å². The Kier molecular flexibility index (Phi) is 8.87. The van der Waals surface area contributed by atoms with E-state index < -0.39 is 28.5 Å². The topological polar surface area (TPSA) is 96.0 Å². The van der Waals surface area contributed by atoms with Crippen molar-refractivity contribution in [3.8, 4) is 5.75 Å². The Morgan fingerprint density at radius 1 is 1.09 bits per heavy atom. The van der Waals surface area contributed by atoms with Gasteiger partial charge in [-0.1, -0.05) is 24.3 Å². The van der Waals surface area contributed by atoms with Gasteiger partial charge in [0.15, 0.2) is 0 Å². The molecule has 0 aromatic heterocycles. The molecule has 0 bridgehead atoms. The highest BCUT2D eigenvalue weighted by atomic mass is 32.2. The molecule has 1 N–H and O–H groups in total. The smallest absolute Gasteiger partial charge is 0.244 e. The fourth-order valence-electron chi connectivity index (χ4n) is 3.43. The van der Waals surface area contributed by atoms with Gasteiger partial charge in [0.05, 0.1) is 19.1 Å². The van der Waals surface area contributed by atoms with Gasteiger partial charge in [-0.3, -0.25) is 13.9 Å². The Balaban J connectivity index is 2.41. The number of amides is 2. The predicted molar refractivity (Wildman–Crippen MR) is 130 cm³/mol. The zero-order valence-corrected chi connectivity index (χ0v) is 20.9. The molecule has 180 valence electrons. The SMILES string of the molecule is CCNC(=O)C(C)N(Cc1ccc(OC)cc1)C(=O)CN(c1cccc(C)c1C)S(C)(=O)=O. The summed E-state index contributed by atoms with van der Waals surface area (Å²) in [5.74, 6) is -0.112. The third kappa shape index (κ3) is 6.71. The van der Waals surface area contributed by atoms with Gasteiger partial charge in [-0.05, 0) is 62.6 Å². The number of likely N-dealkylation sites (N-methyl/N-ethyl adjacent to an activating group) is 1. The lowest BCUT2D eigenvalue weighted by molar-refractivity contribution is -0.139. The number of rotatable bonds is 10. The van der Waals surface area contributed by atoms with Crippen LogP contribution in [0, 0.1) is 13.8 Å². The molecule has 0 saturated carbocycles. The molecule has 0 spiro atoms. The van der Waals surface area contributed by atoms with E-state index in [0.717, 1.165) is 27.3 Å². The average Bonchev–Trinajstić information content (AvgIpc) is 2.77. The van der Waals surface area contributed by atoms with Gasteiger partial charge in [0, 0.05) is 13.1 Å². The summed E-state index contributed by atoms with van der Waals surface area (Å²) in [6, 6.07) is 11.7. The summed E-state index contributed by atoms with van der Waals surface area (Å²) >= 11 is 0. The first-order valence-corrected chi connectivity index (χ1v) is 12.6. The maximum Gasteiger partial charge on any atom is 0.244 e. The molecule has 0 aliphatic carbocycles. The summed E-state index contributed by atoms with van der Waals surface area (Å²) in [5.41, 5.74) is 2.92. The Morgan fingerprint density at radius 3 is 2.27 bits per heavy atom. The van der Waals surface area contributed by atoms with E-state index >= 15 is 0 Å². The van der Waals surface area contributed by atoms with E-state index in [-0.39, 0.29) is 12.5 Å². The van der Waals surface area contributed by atoms with Gasteiger partial charge in [0.25, 0.3) is 0 Å². The summed E-state index contributed by atoms with van der Waals surface area (Å²) in [6.45, 7) is 7.29. The predicted octanol–water partition coefficient (Wildman–Crippen LogP) is 2.63. The standard InChI is InChI=1S/C24H33N3O5S/c1-7-25-24(29)19(4)26(15-20-11-13-21(32-5)14-12-20)23(28)16-27(33(6,30)31)22-10-8-9-17(2)18(22)3/h8-14,19H,7,15-16H2,1-6H3,(H,25,29). The molecule has 33 heavy (non-hydrogen) atoms. The zero-order valence-electron chi connectivity index (χ0n) is 20.1. The second-order valence-corrected chi connectivity index (χ2v) is 9.84. The first-order valence-electron chi connectivity index (χ1n) is 10.7. The number of sulfonamides is 1. The number of anilines is 1. The lowest BCUT2D eigenvalue weighted by Gasteiger charge is -2.32. The first-order chi connectivity index (χ1) is 15.5. The number of hydrogen-bond donors (Lipinski definition) is 1. The van der Waals surface area contributed by atoms with Gasteiger partial charge in [0.2, 0.25) is 21.8 Å². The van der Waals surface area contributed by atoms with Crippen molar-refractivity contribution in [1.29, 1.82) is 0 Å². The van der Waals surface area contributed by atoms with Crippen LogP contribution in [0.2, 0.25) is 0 Å². The molecule has 8 nitrogen and oxygen atoms in total. The van der Waals surface area contributed by atoms with E-state index in [0.29, 0.717) is 18.0 Å². The van der Waals surface area contributed by atoms with Crippen molar-refractivity contribution in [3.63, 3.8) is 0 Å². The van der Waals surface area contributed by atoms with Crippen LogP contribution >= 0.6 is 0 Å². The summed E-state index contributed by atoms with van der Waals surface area (Å²) < 4.78 is 31.6. The average molecular weight is 476 g/mol. The number of ether oxygens (including phenoxy) is 1. The molecular weight excluding hydrogens is 442 g/mol. The molecule has 0 saturated heterocycles. The molecule has 0 radical (unpaired) electrons. The fourth-order valence-corrected chi connectivity index (χ4v) is 4.33. The highest BCUT2D eigenvalue weighted by molar-refractivity contribution is 7.92. The van der Waals surface area contributed by atoms with Crippen LogP contribution in [-0.4, -0.2) is 57.6 Å². The maximum absolute atomic E-state index is 13.5. The number of aryl methyl sites for hydroxylation is 1. The van der Waals surface area contributed by atoms with Gasteiger partial charge in [0.1, 0.15) is 18.3 Å². The van der Waals surface area contributed by atoms with Crippen LogP contribution in [0.5, 0.6) is 5.75 Å². The Hall–Kier alpha value is -3.07. The highest BCUT2D eigenvalue weighted by Crippen LogP contribution is 2.25. The van der Waals surface area contributed by atoms with Crippen molar-refractivity contribution in [2.75, 3.05) is 30.8 Å². The third-order valence-corrected chi connectivity index (χ3v) is 6.68. The molecule has 2 amide bonds. The van der Waals surface area contributed by atoms with E-state index in [1.165, 1.54) is 4.90 Å². The van der Waals surface area contributed by atoms with Gasteiger partial charge >= 0.3 is 0 Å². The Bertz CT molecular complexity index is 1080. The second kappa shape index (κ2) is 11.2. The minimum atomic E-state index is -3.76. The van der Waals surface area contributed by atoms with Gasteiger partial charge in [-0.15, -0.1) is 0 Å². The van der Waals surface area contributed by atoms with Crippen molar-refractivity contribution >= 4 is 27.5 Å². The van der Waals surface area contributed by atoms with Crippen LogP contribution in [0.25, 0.3) is 0 Å². The normalized spacial score (nSPS) is 12.1. The minimum Gasteiger partial charge on any atom is -0.497 e. The van der Waals surface area contributed by atoms with E-state index in [2.05, 4.69) is 5.32 Å². The van der Waals surface area contributed by atoms with Crippen molar-refractivity contribution in [2.45, 2.75) is 40.3 Å². The molecule has 1 atom stereocenters. The van der Waals surface area contributed by atoms with Crippen LogP contribution < -0.4 is 14.4 Å². The van der Waals surface area contributed by atoms with Crippen molar-refractivity contribution in [2.24, 2.45) is 0 Å². The molecule has 9 heteroatoms. The molecule has 2 aromatic carbocycles. The van der Waals surface area contributed by atoms with Gasteiger partial charge < -0.3 is 15.0 Å². The third-order valence-electron chi connectivity index (χ3n) is 5.55. The first kappa shape index (κ1) is 26.2. The minimum absolute atomic E-state index is 0.144. The molecule has 0 fully saturated rings.